The van der Waals surface area contributed by atoms with Gasteiger partial charge in [0.2, 0.25) is 15.9 Å². The molecule has 2 amide bonds. The van der Waals surface area contributed by atoms with Crippen molar-refractivity contribution in [2.45, 2.75) is 12.8 Å². The van der Waals surface area contributed by atoms with Crippen LogP contribution in [0.25, 0.3) is 0 Å². The standard InChI is InChI=1S/C18H23ClFN3O4S/c1-28(26,27)23-6-4-13(5-7-23)17(24)21-8-10-22(11-9-21)18(25)15-3-2-14(20)12-16(15)19/h2-3,12-13H,4-11H2,1H3. The average Bonchev–Trinajstić information content (AvgIpc) is 2.66. The van der Waals surface area contributed by atoms with Gasteiger partial charge < -0.3 is 9.80 Å². The number of benzene rings is 1. The Morgan fingerprint density at radius 3 is 2.14 bits per heavy atom. The molecule has 2 aliphatic rings. The summed E-state index contributed by atoms with van der Waals surface area (Å²) in [6.07, 6.45) is 2.20. The first-order valence-electron chi connectivity index (χ1n) is 9.15. The van der Waals surface area contributed by atoms with E-state index in [1.165, 1.54) is 22.7 Å². The van der Waals surface area contributed by atoms with E-state index in [2.05, 4.69) is 0 Å². The lowest BCUT2D eigenvalue weighted by atomic mass is 9.96. The number of piperidine rings is 1. The topological polar surface area (TPSA) is 78.0 Å². The van der Waals surface area contributed by atoms with E-state index in [1.807, 2.05) is 0 Å². The highest BCUT2D eigenvalue weighted by atomic mass is 35.5. The first kappa shape index (κ1) is 21.0. The van der Waals surface area contributed by atoms with Gasteiger partial charge in [-0.1, -0.05) is 11.6 Å². The first-order valence-corrected chi connectivity index (χ1v) is 11.4. The molecule has 0 radical (unpaired) electrons. The molecular weight excluding hydrogens is 409 g/mol. The molecule has 0 atom stereocenters. The number of rotatable bonds is 3. The number of halogens is 2. The molecule has 0 spiro atoms. The second-order valence-electron chi connectivity index (χ2n) is 7.18. The monoisotopic (exact) mass is 431 g/mol. The van der Waals surface area contributed by atoms with Crippen LogP contribution in [0.15, 0.2) is 18.2 Å². The molecule has 28 heavy (non-hydrogen) atoms. The Morgan fingerprint density at radius 1 is 1.04 bits per heavy atom. The number of sulfonamides is 1. The second-order valence-corrected chi connectivity index (χ2v) is 9.57. The van der Waals surface area contributed by atoms with Crippen molar-refractivity contribution in [1.29, 1.82) is 0 Å². The average molecular weight is 432 g/mol. The van der Waals surface area contributed by atoms with Crippen molar-refractivity contribution in [3.63, 3.8) is 0 Å². The molecule has 0 unspecified atom stereocenters. The Balaban J connectivity index is 1.54. The fraction of sp³-hybridized carbons (Fsp3) is 0.556. The summed E-state index contributed by atoms with van der Waals surface area (Å²) in [7, 11) is -3.22. The second kappa shape index (κ2) is 8.34. The zero-order chi connectivity index (χ0) is 20.5. The first-order chi connectivity index (χ1) is 13.2. The molecule has 154 valence electrons. The predicted octanol–water partition coefficient (Wildman–Crippen LogP) is 1.44. The van der Waals surface area contributed by atoms with Crippen LogP contribution in [0.5, 0.6) is 0 Å². The molecule has 2 saturated heterocycles. The molecule has 0 bridgehead atoms. The minimum atomic E-state index is -3.22. The summed E-state index contributed by atoms with van der Waals surface area (Å²) in [5, 5.41) is 0.0705. The van der Waals surface area contributed by atoms with Crippen LogP contribution in [0, 0.1) is 11.7 Å². The molecule has 2 heterocycles. The van der Waals surface area contributed by atoms with Crippen LogP contribution in [0.2, 0.25) is 5.02 Å². The van der Waals surface area contributed by atoms with Gasteiger partial charge in [0.1, 0.15) is 5.82 Å². The highest BCUT2D eigenvalue weighted by Gasteiger charge is 2.33. The molecule has 2 aliphatic heterocycles. The van der Waals surface area contributed by atoms with Crippen molar-refractivity contribution in [1.82, 2.24) is 14.1 Å². The van der Waals surface area contributed by atoms with Crippen molar-refractivity contribution in [3.8, 4) is 0 Å². The van der Waals surface area contributed by atoms with E-state index in [-0.39, 0.29) is 28.3 Å². The number of carbonyl (C=O) groups is 2. The van der Waals surface area contributed by atoms with Gasteiger partial charge in [-0.3, -0.25) is 9.59 Å². The fourth-order valence-corrected chi connectivity index (χ4v) is 4.78. The molecule has 7 nitrogen and oxygen atoms in total. The minimum absolute atomic E-state index is 0.0139. The van der Waals surface area contributed by atoms with Crippen molar-refractivity contribution >= 4 is 33.4 Å². The van der Waals surface area contributed by atoms with Gasteiger partial charge >= 0.3 is 0 Å². The lowest BCUT2D eigenvalue weighted by Gasteiger charge is -2.38. The quantitative estimate of drug-likeness (QED) is 0.725. The lowest BCUT2D eigenvalue weighted by Crippen LogP contribution is -2.53. The highest BCUT2D eigenvalue weighted by molar-refractivity contribution is 7.88. The van der Waals surface area contributed by atoms with Crippen LogP contribution in [-0.4, -0.2) is 79.9 Å². The van der Waals surface area contributed by atoms with Crippen LogP contribution in [0.4, 0.5) is 4.39 Å². The van der Waals surface area contributed by atoms with Crippen molar-refractivity contribution in [2.75, 3.05) is 45.5 Å². The third-order valence-electron chi connectivity index (χ3n) is 5.31. The summed E-state index contributed by atoms with van der Waals surface area (Å²) in [6, 6.07) is 3.67. The summed E-state index contributed by atoms with van der Waals surface area (Å²) in [5.74, 6) is -0.954. The van der Waals surface area contributed by atoms with Crippen LogP contribution >= 0.6 is 11.6 Å². The van der Waals surface area contributed by atoms with E-state index in [4.69, 9.17) is 11.6 Å². The Bertz CT molecular complexity index is 864. The van der Waals surface area contributed by atoms with Crippen LogP contribution in [0.3, 0.4) is 0 Å². The third kappa shape index (κ3) is 4.64. The van der Waals surface area contributed by atoms with Gasteiger partial charge in [0, 0.05) is 45.2 Å². The van der Waals surface area contributed by atoms with Gasteiger partial charge in [-0.2, -0.15) is 0 Å². The largest absolute Gasteiger partial charge is 0.339 e. The molecule has 2 fully saturated rings. The summed E-state index contributed by atoms with van der Waals surface area (Å²) in [4.78, 5) is 28.7. The maximum absolute atomic E-state index is 13.2. The summed E-state index contributed by atoms with van der Waals surface area (Å²) in [5.41, 5.74) is 0.246. The molecule has 3 rings (SSSR count). The number of piperazine rings is 1. The van der Waals surface area contributed by atoms with Gasteiger partial charge in [-0.05, 0) is 31.0 Å². The number of amides is 2. The summed E-state index contributed by atoms with van der Waals surface area (Å²) >= 11 is 5.97. The molecule has 1 aromatic rings. The van der Waals surface area contributed by atoms with Crippen LogP contribution in [-0.2, 0) is 14.8 Å². The molecule has 1 aromatic carbocycles. The summed E-state index contributed by atoms with van der Waals surface area (Å²) < 4.78 is 37.7. The van der Waals surface area contributed by atoms with E-state index < -0.39 is 15.8 Å². The van der Waals surface area contributed by atoms with Gasteiger partial charge in [0.25, 0.3) is 5.91 Å². The molecule has 0 aliphatic carbocycles. The molecule has 0 N–H and O–H groups in total. The summed E-state index contributed by atoms with van der Waals surface area (Å²) in [6.45, 7) is 2.29. The number of carbonyl (C=O) groups excluding carboxylic acids is 2. The Morgan fingerprint density at radius 2 is 1.61 bits per heavy atom. The number of nitrogens with zero attached hydrogens (tertiary/aromatic N) is 3. The van der Waals surface area contributed by atoms with E-state index in [0.29, 0.717) is 52.1 Å². The highest BCUT2D eigenvalue weighted by Crippen LogP contribution is 2.23. The van der Waals surface area contributed by atoms with Gasteiger partial charge in [0.15, 0.2) is 0 Å². The smallest absolute Gasteiger partial charge is 0.255 e. The maximum atomic E-state index is 13.2. The van der Waals surface area contributed by atoms with E-state index in [1.54, 1.807) is 9.80 Å². The van der Waals surface area contributed by atoms with Crippen LogP contribution in [0.1, 0.15) is 23.2 Å². The molecular formula is C18H23ClFN3O4S. The normalized spacial score (nSPS) is 19.7. The third-order valence-corrected chi connectivity index (χ3v) is 6.93. The van der Waals surface area contributed by atoms with Crippen molar-refractivity contribution < 1.29 is 22.4 Å². The Labute approximate surface area is 169 Å². The minimum Gasteiger partial charge on any atom is -0.339 e. The van der Waals surface area contributed by atoms with Crippen molar-refractivity contribution in [3.05, 3.63) is 34.6 Å². The Hall–Kier alpha value is -1.71. The zero-order valence-electron chi connectivity index (χ0n) is 15.6. The van der Waals surface area contributed by atoms with E-state index >= 15 is 0 Å². The fourth-order valence-electron chi connectivity index (χ4n) is 3.66. The van der Waals surface area contributed by atoms with Crippen molar-refractivity contribution in [2.24, 2.45) is 5.92 Å². The lowest BCUT2D eigenvalue weighted by molar-refractivity contribution is -0.138. The Kier molecular flexibility index (Phi) is 6.26. The SMILES string of the molecule is CS(=O)(=O)N1CCC(C(=O)N2CCN(C(=O)c3ccc(F)cc3Cl)CC2)CC1. The van der Waals surface area contributed by atoms with E-state index in [0.717, 1.165) is 6.07 Å². The number of hydrogen-bond donors (Lipinski definition) is 0. The zero-order valence-corrected chi connectivity index (χ0v) is 17.2. The van der Waals surface area contributed by atoms with Gasteiger partial charge in [-0.25, -0.2) is 17.1 Å². The molecule has 0 saturated carbocycles. The molecule has 10 heteroatoms. The molecule has 0 aromatic heterocycles. The van der Waals surface area contributed by atoms with Crippen LogP contribution < -0.4 is 0 Å². The number of hydrogen-bond acceptors (Lipinski definition) is 4. The predicted molar refractivity (Wildman–Crippen MR) is 103 cm³/mol. The van der Waals surface area contributed by atoms with Gasteiger partial charge in [-0.15, -0.1) is 0 Å². The van der Waals surface area contributed by atoms with E-state index in [9.17, 15) is 22.4 Å². The maximum Gasteiger partial charge on any atom is 0.255 e. The van der Waals surface area contributed by atoms with Gasteiger partial charge in [0.05, 0.1) is 16.8 Å².